The number of benzene rings is 2. The van der Waals surface area contributed by atoms with Gasteiger partial charge in [-0.25, -0.2) is 4.79 Å². The topological polar surface area (TPSA) is 70.8 Å². The van der Waals surface area contributed by atoms with E-state index in [0.29, 0.717) is 34.2 Å². The van der Waals surface area contributed by atoms with E-state index in [1.165, 1.54) is 0 Å². The highest BCUT2D eigenvalue weighted by Gasteiger charge is 2.15. The third-order valence-electron chi connectivity index (χ3n) is 3.29. The maximum atomic E-state index is 11.6. The number of nitrogens with zero attached hydrogens (tertiary/aromatic N) is 1. The number of hydrogen-bond acceptors (Lipinski definition) is 6. The zero-order chi connectivity index (χ0) is 17.8. The van der Waals surface area contributed by atoms with Crippen molar-refractivity contribution in [2.24, 2.45) is 0 Å². The number of esters is 1. The van der Waals surface area contributed by atoms with E-state index < -0.39 is 12.1 Å². The molecule has 1 aromatic heterocycles. The second kappa shape index (κ2) is 7.44. The maximum Gasteiger partial charge on any atom is 0.400 e. The van der Waals surface area contributed by atoms with Gasteiger partial charge in [0.15, 0.2) is 11.7 Å². The van der Waals surface area contributed by atoms with Crippen molar-refractivity contribution in [2.45, 2.75) is 20.0 Å². The van der Waals surface area contributed by atoms with E-state index in [0.717, 1.165) is 0 Å². The highest BCUT2D eigenvalue weighted by molar-refractivity contribution is 6.31. The van der Waals surface area contributed by atoms with Crippen LogP contribution in [0.2, 0.25) is 5.02 Å². The second-order valence-electron chi connectivity index (χ2n) is 5.18. The van der Waals surface area contributed by atoms with Crippen molar-refractivity contribution in [3.05, 3.63) is 47.5 Å². The van der Waals surface area contributed by atoms with E-state index in [1.54, 1.807) is 56.3 Å². The molecular weight excluding hydrogens is 346 g/mol. The van der Waals surface area contributed by atoms with Crippen molar-refractivity contribution in [1.82, 2.24) is 4.98 Å². The summed E-state index contributed by atoms with van der Waals surface area (Å²) < 4.78 is 21.5. The molecule has 0 saturated heterocycles. The minimum absolute atomic E-state index is 0.117. The van der Waals surface area contributed by atoms with Crippen molar-refractivity contribution in [3.8, 4) is 17.6 Å². The molecule has 0 radical (unpaired) electrons. The van der Waals surface area contributed by atoms with Gasteiger partial charge in [0.05, 0.1) is 6.61 Å². The standard InChI is InChI=1S/C18H16ClNO5/c1-3-22-17(21)11(2)23-13-5-7-14(8-6-13)24-18-20-15-10-12(19)4-9-16(15)25-18/h4-11H,3H2,1-2H3. The lowest BCUT2D eigenvalue weighted by atomic mass is 10.3. The molecule has 0 fully saturated rings. The molecule has 3 aromatic rings. The Hall–Kier alpha value is -2.73. The van der Waals surface area contributed by atoms with E-state index in [-0.39, 0.29) is 6.08 Å². The molecule has 0 N–H and O–H groups in total. The van der Waals surface area contributed by atoms with Crippen LogP contribution in [-0.4, -0.2) is 23.7 Å². The first-order valence-corrected chi connectivity index (χ1v) is 8.10. The van der Waals surface area contributed by atoms with E-state index in [9.17, 15) is 4.79 Å². The number of aromatic nitrogens is 1. The molecule has 1 heterocycles. The Labute approximate surface area is 149 Å². The molecule has 1 atom stereocenters. The zero-order valence-electron chi connectivity index (χ0n) is 13.7. The largest absolute Gasteiger partial charge is 0.479 e. The van der Waals surface area contributed by atoms with Gasteiger partial charge in [0, 0.05) is 5.02 Å². The molecule has 0 aliphatic rings. The minimum Gasteiger partial charge on any atom is -0.479 e. The molecule has 0 bridgehead atoms. The Bertz CT molecular complexity index is 875. The van der Waals surface area contributed by atoms with Gasteiger partial charge in [-0.05, 0) is 56.3 Å². The van der Waals surface area contributed by atoms with E-state index >= 15 is 0 Å². The fraction of sp³-hybridized carbons (Fsp3) is 0.222. The Balaban J connectivity index is 1.66. The first-order valence-electron chi connectivity index (χ1n) is 7.72. The lowest BCUT2D eigenvalue weighted by Crippen LogP contribution is -2.25. The summed E-state index contributed by atoms with van der Waals surface area (Å²) in [6.45, 7) is 3.69. The van der Waals surface area contributed by atoms with Gasteiger partial charge in [-0.1, -0.05) is 11.6 Å². The molecule has 1 unspecified atom stereocenters. The average Bonchev–Trinajstić information content (AvgIpc) is 2.98. The van der Waals surface area contributed by atoms with Crippen LogP contribution in [0.4, 0.5) is 0 Å². The van der Waals surface area contributed by atoms with Crippen LogP contribution in [0.3, 0.4) is 0 Å². The monoisotopic (exact) mass is 361 g/mol. The predicted octanol–water partition coefficient (Wildman–Crippen LogP) is 4.60. The van der Waals surface area contributed by atoms with Crippen LogP contribution in [0.15, 0.2) is 46.9 Å². The van der Waals surface area contributed by atoms with Crippen molar-refractivity contribution < 1.29 is 23.4 Å². The molecule has 0 aliphatic heterocycles. The van der Waals surface area contributed by atoms with Crippen LogP contribution in [0.25, 0.3) is 11.1 Å². The molecule has 130 valence electrons. The molecule has 2 aromatic carbocycles. The quantitative estimate of drug-likeness (QED) is 0.597. The second-order valence-corrected chi connectivity index (χ2v) is 5.61. The summed E-state index contributed by atoms with van der Waals surface area (Å²) in [7, 11) is 0. The molecule has 6 nitrogen and oxygen atoms in total. The Morgan fingerprint density at radius 3 is 2.64 bits per heavy atom. The van der Waals surface area contributed by atoms with Gasteiger partial charge < -0.3 is 18.6 Å². The molecule has 0 aliphatic carbocycles. The average molecular weight is 362 g/mol. The van der Waals surface area contributed by atoms with Crippen molar-refractivity contribution in [2.75, 3.05) is 6.61 Å². The van der Waals surface area contributed by atoms with Crippen molar-refractivity contribution in [1.29, 1.82) is 0 Å². The molecule has 0 amide bonds. The molecular formula is C18H16ClNO5. The normalized spacial score (nSPS) is 12.0. The van der Waals surface area contributed by atoms with E-state index in [2.05, 4.69) is 4.98 Å². The first-order chi connectivity index (χ1) is 12.0. The predicted molar refractivity (Wildman–Crippen MR) is 92.3 cm³/mol. The summed E-state index contributed by atoms with van der Waals surface area (Å²) >= 11 is 5.92. The number of ether oxygens (including phenoxy) is 3. The van der Waals surface area contributed by atoms with Crippen LogP contribution in [0.1, 0.15) is 13.8 Å². The fourth-order valence-corrected chi connectivity index (χ4v) is 2.29. The Morgan fingerprint density at radius 1 is 1.20 bits per heavy atom. The van der Waals surface area contributed by atoms with Crippen molar-refractivity contribution in [3.63, 3.8) is 0 Å². The summed E-state index contributed by atoms with van der Waals surface area (Å²) in [6.07, 6.45) is -0.570. The highest BCUT2D eigenvalue weighted by atomic mass is 35.5. The summed E-state index contributed by atoms with van der Waals surface area (Å²) in [5.74, 6) is 0.638. The van der Waals surface area contributed by atoms with Crippen LogP contribution in [0, 0.1) is 0 Å². The van der Waals surface area contributed by atoms with Gasteiger partial charge in [0.1, 0.15) is 17.0 Å². The number of halogens is 1. The van der Waals surface area contributed by atoms with E-state index in [4.69, 9.17) is 30.2 Å². The number of fused-ring (bicyclic) bond motifs is 1. The molecule has 0 spiro atoms. The smallest absolute Gasteiger partial charge is 0.400 e. The third-order valence-corrected chi connectivity index (χ3v) is 3.53. The molecule has 0 saturated carbocycles. The summed E-state index contributed by atoms with van der Waals surface area (Å²) in [6, 6.07) is 11.9. The van der Waals surface area contributed by atoms with Gasteiger partial charge in [-0.15, -0.1) is 0 Å². The summed E-state index contributed by atoms with van der Waals surface area (Å²) in [5.41, 5.74) is 1.20. The first kappa shape index (κ1) is 17.1. The van der Waals surface area contributed by atoms with Gasteiger partial charge in [0.2, 0.25) is 0 Å². The van der Waals surface area contributed by atoms with Crippen LogP contribution >= 0.6 is 11.6 Å². The maximum absolute atomic E-state index is 11.6. The van der Waals surface area contributed by atoms with E-state index in [1.807, 2.05) is 0 Å². The van der Waals surface area contributed by atoms with Crippen LogP contribution in [0.5, 0.6) is 17.6 Å². The fourth-order valence-electron chi connectivity index (χ4n) is 2.12. The number of rotatable bonds is 6. The number of oxazole rings is 1. The Kier molecular flexibility index (Phi) is 5.09. The number of hydrogen-bond donors (Lipinski definition) is 0. The van der Waals surface area contributed by atoms with Crippen LogP contribution in [-0.2, 0) is 9.53 Å². The SMILES string of the molecule is CCOC(=O)C(C)Oc1ccc(Oc2nc3cc(Cl)ccc3o2)cc1. The summed E-state index contributed by atoms with van der Waals surface area (Å²) in [5, 5.41) is 0.574. The third kappa shape index (κ3) is 4.22. The Morgan fingerprint density at radius 2 is 1.92 bits per heavy atom. The molecule has 25 heavy (non-hydrogen) atoms. The number of carbonyl (C=O) groups excluding carboxylic acids is 1. The number of carbonyl (C=O) groups is 1. The lowest BCUT2D eigenvalue weighted by Gasteiger charge is -2.13. The summed E-state index contributed by atoms with van der Waals surface area (Å²) in [4.78, 5) is 15.8. The van der Waals surface area contributed by atoms with Gasteiger partial charge in [0.25, 0.3) is 0 Å². The lowest BCUT2D eigenvalue weighted by molar-refractivity contribution is -0.150. The van der Waals surface area contributed by atoms with Gasteiger partial charge >= 0.3 is 12.0 Å². The highest BCUT2D eigenvalue weighted by Crippen LogP contribution is 2.28. The van der Waals surface area contributed by atoms with Crippen LogP contribution < -0.4 is 9.47 Å². The van der Waals surface area contributed by atoms with Gasteiger partial charge in [-0.3, -0.25) is 0 Å². The zero-order valence-corrected chi connectivity index (χ0v) is 14.4. The minimum atomic E-state index is -0.687. The molecule has 7 heteroatoms. The van der Waals surface area contributed by atoms with Crippen molar-refractivity contribution >= 4 is 28.7 Å². The molecule has 3 rings (SSSR count). The van der Waals surface area contributed by atoms with Gasteiger partial charge in [-0.2, -0.15) is 4.98 Å².